The van der Waals surface area contributed by atoms with E-state index in [0.717, 1.165) is 18.7 Å². The first kappa shape index (κ1) is 10.8. The third-order valence-corrected chi connectivity index (χ3v) is 1.94. The molecular formula is C12H11N3. The van der Waals surface area contributed by atoms with Crippen molar-refractivity contribution in [2.24, 2.45) is 0 Å². The Hall–Kier alpha value is -2.26. The van der Waals surface area contributed by atoms with Gasteiger partial charge in [-0.1, -0.05) is 6.08 Å². The fourth-order valence-corrected chi connectivity index (χ4v) is 1.16. The first-order valence-corrected chi connectivity index (χ1v) is 4.61. The molecule has 0 bridgehead atoms. The maximum Gasteiger partial charge on any atom is 0.101 e. The van der Waals surface area contributed by atoms with Gasteiger partial charge in [-0.2, -0.15) is 10.5 Å². The number of nitrogens with zero attached hydrogens (tertiary/aromatic N) is 2. The van der Waals surface area contributed by atoms with Gasteiger partial charge in [-0.25, -0.2) is 0 Å². The van der Waals surface area contributed by atoms with Crippen LogP contribution in [0.25, 0.3) is 0 Å². The Labute approximate surface area is 89.3 Å². The summed E-state index contributed by atoms with van der Waals surface area (Å²) < 4.78 is 0. The summed E-state index contributed by atoms with van der Waals surface area (Å²) in [6.45, 7) is 4.40. The summed E-state index contributed by atoms with van der Waals surface area (Å²) in [5.74, 6) is 0. The lowest BCUT2D eigenvalue weighted by atomic mass is 10.1. The van der Waals surface area contributed by atoms with Gasteiger partial charge in [0.05, 0.1) is 11.1 Å². The minimum atomic E-state index is 0.404. The van der Waals surface area contributed by atoms with E-state index in [-0.39, 0.29) is 0 Å². The molecule has 1 aromatic carbocycles. The van der Waals surface area contributed by atoms with E-state index in [1.54, 1.807) is 18.2 Å². The van der Waals surface area contributed by atoms with Crippen LogP contribution >= 0.6 is 0 Å². The van der Waals surface area contributed by atoms with E-state index in [1.807, 2.05) is 18.2 Å². The zero-order valence-corrected chi connectivity index (χ0v) is 8.33. The van der Waals surface area contributed by atoms with E-state index in [0.29, 0.717) is 11.1 Å². The summed E-state index contributed by atoms with van der Waals surface area (Å²) in [5.41, 5.74) is 1.67. The van der Waals surface area contributed by atoms with Crippen LogP contribution in [0.5, 0.6) is 0 Å². The molecule has 0 amide bonds. The zero-order valence-electron chi connectivity index (χ0n) is 8.33. The SMILES string of the molecule is C=CCCNc1ccc(C#N)c(C#N)c1. The van der Waals surface area contributed by atoms with Crippen LogP contribution in [0.4, 0.5) is 5.69 Å². The molecule has 0 aliphatic rings. The van der Waals surface area contributed by atoms with Crippen molar-refractivity contribution in [3.8, 4) is 12.1 Å². The highest BCUT2D eigenvalue weighted by Gasteiger charge is 2.01. The molecule has 3 heteroatoms. The monoisotopic (exact) mass is 197 g/mol. The number of nitriles is 2. The summed E-state index contributed by atoms with van der Waals surface area (Å²) in [4.78, 5) is 0. The van der Waals surface area contributed by atoms with Gasteiger partial charge in [0.25, 0.3) is 0 Å². The van der Waals surface area contributed by atoms with Crippen molar-refractivity contribution in [1.82, 2.24) is 0 Å². The molecule has 1 N–H and O–H groups in total. The molecule has 0 atom stereocenters. The molecule has 0 aromatic heterocycles. The smallest absolute Gasteiger partial charge is 0.101 e. The van der Waals surface area contributed by atoms with Crippen molar-refractivity contribution in [2.75, 3.05) is 11.9 Å². The van der Waals surface area contributed by atoms with Crippen LogP contribution in [-0.2, 0) is 0 Å². The first-order chi connectivity index (χ1) is 7.31. The summed E-state index contributed by atoms with van der Waals surface area (Å²) in [6, 6.07) is 9.09. The number of rotatable bonds is 4. The third-order valence-electron chi connectivity index (χ3n) is 1.94. The highest BCUT2D eigenvalue weighted by molar-refractivity contribution is 5.56. The van der Waals surface area contributed by atoms with Crippen molar-refractivity contribution >= 4 is 5.69 Å². The van der Waals surface area contributed by atoms with Gasteiger partial charge in [0.2, 0.25) is 0 Å². The normalized spacial score (nSPS) is 8.67. The second-order valence-corrected chi connectivity index (χ2v) is 2.99. The van der Waals surface area contributed by atoms with E-state index in [9.17, 15) is 0 Å². The zero-order chi connectivity index (χ0) is 11.1. The van der Waals surface area contributed by atoms with Gasteiger partial charge in [0.15, 0.2) is 0 Å². The molecule has 74 valence electrons. The molecule has 0 radical (unpaired) electrons. The first-order valence-electron chi connectivity index (χ1n) is 4.61. The van der Waals surface area contributed by atoms with E-state index in [4.69, 9.17) is 10.5 Å². The lowest BCUT2D eigenvalue weighted by molar-refractivity contribution is 1.07. The molecule has 1 aromatic rings. The van der Waals surface area contributed by atoms with Crippen LogP contribution in [0.2, 0.25) is 0 Å². The highest BCUT2D eigenvalue weighted by atomic mass is 14.9. The van der Waals surface area contributed by atoms with Crippen LogP contribution < -0.4 is 5.32 Å². The van der Waals surface area contributed by atoms with Crippen LogP contribution in [-0.4, -0.2) is 6.54 Å². The Morgan fingerprint density at radius 3 is 2.60 bits per heavy atom. The Kier molecular flexibility index (Phi) is 3.94. The van der Waals surface area contributed by atoms with Crippen LogP contribution in [0, 0.1) is 22.7 Å². The quantitative estimate of drug-likeness (QED) is 0.595. The Bertz CT molecular complexity index is 435. The summed E-state index contributed by atoms with van der Waals surface area (Å²) in [7, 11) is 0. The maximum absolute atomic E-state index is 8.80. The van der Waals surface area contributed by atoms with Crippen LogP contribution in [0.3, 0.4) is 0 Å². The van der Waals surface area contributed by atoms with Crippen LogP contribution in [0.15, 0.2) is 30.9 Å². The minimum absolute atomic E-state index is 0.404. The number of anilines is 1. The third kappa shape index (κ3) is 2.86. The number of hydrogen-bond donors (Lipinski definition) is 1. The predicted molar refractivity (Wildman–Crippen MR) is 59.2 cm³/mol. The minimum Gasteiger partial charge on any atom is -0.385 e. The van der Waals surface area contributed by atoms with Gasteiger partial charge in [0, 0.05) is 12.2 Å². The van der Waals surface area contributed by atoms with E-state index >= 15 is 0 Å². The van der Waals surface area contributed by atoms with Crippen molar-refractivity contribution in [3.63, 3.8) is 0 Å². The molecule has 0 heterocycles. The van der Waals surface area contributed by atoms with Gasteiger partial charge in [-0.05, 0) is 24.6 Å². The molecule has 0 fully saturated rings. The predicted octanol–water partition coefficient (Wildman–Crippen LogP) is 2.42. The summed E-state index contributed by atoms with van der Waals surface area (Å²) in [5, 5.41) is 20.7. The summed E-state index contributed by atoms with van der Waals surface area (Å²) >= 11 is 0. The van der Waals surface area contributed by atoms with Crippen molar-refractivity contribution < 1.29 is 0 Å². The molecule has 0 aliphatic heterocycles. The van der Waals surface area contributed by atoms with Crippen molar-refractivity contribution in [2.45, 2.75) is 6.42 Å². The largest absolute Gasteiger partial charge is 0.385 e. The van der Waals surface area contributed by atoms with Gasteiger partial charge in [0.1, 0.15) is 12.1 Å². The standard InChI is InChI=1S/C12H11N3/c1-2-3-6-15-12-5-4-10(8-13)11(7-12)9-14/h2,4-5,7,15H,1,3,6H2. The molecule has 3 nitrogen and oxygen atoms in total. The lowest BCUT2D eigenvalue weighted by Crippen LogP contribution is -2.00. The van der Waals surface area contributed by atoms with Gasteiger partial charge in [-0.3, -0.25) is 0 Å². The van der Waals surface area contributed by atoms with Gasteiger partial charge in [-0.15, -0.1) is 6.58 Å². The van der Waals surface area contributed by atoms with Crippen LogP contribution in [0.1, 0.15) is 17.5 Å². The van der Waals surface area contributed by atoms with Crippen molar-refractivity contribution in [3.05, 3.63) is 42.0 Å². The van der Waals surface area contributed by atoms with E-state index < -0.39 is 0 Å². The number of hydrogen-bond acceptors (Lipinski definition) is 3. The average Bonchev–Trinajstić information content (AvgIpc) is 2.29. The highest BCUT2D eigenvalue weighted by Crippen LogP contribution is 2.14. The molecule has 0 aliphatic carbocycles. The molecule has 1 rings (SSSR count). The molecule has 0 saturated heterocycles. The summed E-state index contributed by atoms with van der Waals surface area (Å²) in [6.07, 6.45) is 2.68. The van der Waals surface area contributed by atoms with Gasteiger partial charge >= 0.3 is 0 Å². The fourth-order valence-electron chi connectivity index (χ4n) is 1.16. The molecule has 0 saturated carbocycles. The Morgan fingerprint density at radius 1 is 1.27 bits per heavy atom. The molecule has 15 heavy (non-hydrogen) atoms. The van der Waals surface area contributed by atoms with Crippen molar-refractivity contribution in [1.29, 1.82) is 10.5 Å². The Morgan fingerprint density at radius 2 is 2.00 bits per heavy atom. The average molecular weight is 197 g/mol. The lowest BCUT2D eigenvalue weighted by Gasteiger charge is -2.05. The molecular weight excluding hydrogens is 186 g/mol. The topological polar surface area (TPSA) is 59.6 Å². The molecule has 0 unspecified atom stereocenters. The van der Waals surface area contributed by atoms with E-state index in [2.05, 4.69) is 11.9 Å². The molecule has 0 spiro atoms. The number of benzene rings is 1. The van der Waals surface area contributed by atoms with E-state index in [1.165, 1.54) is 0 Å². The van der Waals surface area contributed by atoms with Gasteiger partial charge < -0.3 is 5.32 Å². The maximum atomic E-state index is 8.80. The Balaban J connectivity index is 2.81. The number of nitrogens with one attached hydrogen (secondary N) is 1. The second kappa shape index (κ2) is 5.47. The fraction of sp³-hybridized carbons (Fsp3) is 0.167. The second-order valence-electron chi connectivity index (χ2n) is 2.99.